The molecule has 1 aliphatic carbocycles. The predicted octanol–water partition coefficient (Wildman–Crippen LogP) is 1.16. The van der Waals surface area contributed by atoms with E-state index < -0.39 is 10.0 Å². The first-order valence-electron chi connectivity index (χ1n) is 8.85. The van der Waals surface area contributed by atoms with Crippen LogP contribution < -0.4 is 10.1 Å². The largest absolute Gasteiger partial charge is 0.496 e. The molecule has 144 valence electrons. The number of nitrogens with zero attached hydrogens (tertiary/aromatic N) is 2. The van der Waals surface area contributed by atoms with Gasteiger partial charge in [0.25, 0.3) is 5.91 Å². The fourth-order valence-electron chi connectivity index (χ4n) is 4.01. The summed E-state index contributed by atoms with van der Waals surface area (Å²) in [5, 5.41) is 3.12. The maximum atomic E-state index is 12.9. The molecule has 2 aliphatic heterocycles. The fourth-order valence-corrected chi connectivity index (χ4v) is 4.94. The van der Waals surface area contributed by atoms with E-state index in [9.17, 15) is 13.2 Å². The molecule has 3 fully saturated rings. The molecule has 8 heteroatoms. The van der Waals surface area contributed by atoms with Crippen LogP contribution in [-0.4, -0.2) is 70.4 Å². The van der Waals surface area contributed by atoms with Crippen LogP contribution in [0.4, 0.5) is 0 Å². The van der Waals surface area contributed by atoms with Gasteiger partial charge >= 0.3 is 0 Å². The third-order valence-corrected chi connectivity index (χ3v) is 7.43. The zero-order valence-corrected chi connectivity index (χ0v) is 16.5. The number of hydrogen-bond acceptors (Lipinski definition) is 5. The number of methoxy groups -OCH3 is 1. The lowest BCUT2D eigenvalue weighted by molar-refractivity contribution is 0.0397. The number of rotatable bonds is 5. The topological polar surface area (TPSA) is 79.0 Å². The summed E-state index contributed by atoms with van der Waals surface area (Å²) in [4.78, 5) is 15.3. The second kappa shape index (κ2) is 7.17. The molecule has 26 heavy (non-hydrogen) atoms. The Kier molecular flexibility index (Phi) is 5.28. The van der Waals surface area contributed by atoms with E-state index in [0.717, 1.165) is 23.7 Å². The fraction of sp³-hybridized carbons (Fsp3) is 0.611. The summed E-state index contributed by atoms with van der Waals surface area (Å²) >= 11 is 0. The number of sulfonamides is 1. The molecule has 2 bridgehead atoms. The van der Waals surface area contributed by atoms with E-state index in [1.54, 1.807) is 0 Å². The van der Waals surface area contributed by atoms with Gasteiger partial charge in [-0.1, -0.05) is 0 Å². The summed E-state index contributed by atoms with van der Waals surface area (Å²) in [6.45, 7) is 0.988. The summed E-state index contributed by atoms with van der Waals surface area (Å²) in [6.07, 6.45) is 3.23. The Morgan fingerprint density at radius 3 is 2.58 bits per heavy atom. The molecule has 7 nitrogen and oxygen atoms in total. The van der Waals surface area contributed by atoms with Crippen LogP contribution in [-0.2, 0) is 10.0 Å². The SMILES string of the molecule is COc1ccc(S(=O)(=O)N(C)C)cc1C(=O)NC1CC2CCC1CN2C. The van der Waals surface area contributed by atoms with Crippen LogP contribution in [0.2, 0.25) is 0 Å². The highest BCUT2D eigenvalue weighted by molar-refractivity contribution is 7.89. The molecule has 2 heterocycles. The van der Waals surface area contributed by atoms with Crippen LogP contribution in [0, 0.1) is 5.92 Å². The number of hydrogen-bond donors (Lipinski definition) is 1. The average molecular weight is 381 g/mol. The highest BCUT2D eigenvalue weighted by atomic mass is 32.2. The van der Waals surface area contributed by atoms with Crippen molar-refractivity contribution in [2.45, 2.75) is 36.2 Å². The molecule has 2 saturated heterocycles. The van der Waals surface area contributed by atoms with E-state index >= 15 is 0 Å². The minimum Gasteiger partial charge on any atom is -0.496 e. The van der Waals surface area contributed by atoms with Crippen molar-refractivity contribution >= 4 is 15.9 Å². The molecule has 1 aromatic rings. The van der Waals surface area contributed by atoms with E-state index in [1.165, 1.54) is 45.8 Å². The zero-order valence-electron chi connectivity index (χ0n) is 15.7. The van der Waals surface area contributed by atoms with E-state index in [-0.39, 0.29) is 22.4 Å². The van der Waals surface area contributed by atoms with Crippen LogP contribution in [0.1, 0.15) is 29.6 Å². The Hall–Kier alpha value is -1.64. The molecule has 0 aromatic heterocycles. The predicted molar refractivity (Wildman–Crippen MR) is 98.9 cm³/mol. The Balaban J connectivity index is 1.84. The van der Waals surface area contributed by atoms with E-state index in [4.69, 9.17) is 4.74 Å². The van der Waals surface area contributed by atoms with Gasteiger partial charge in [0.05, 0.1) is 17.6 Å². The van der Waals surface area contributed by atoms with Crippen molar-refractivity contribution in [2.75, 3.05) is 34.8 Å². The molecular weight excluding hydrogens is 354 g/mol. The number of benzene rings is 1. The standard InChI is InChI=1S/C18H27N3O4S/c1-20(2)26(23,24)14-7-8-17(25-4)15(10-14)18(22)19-16-9-13-6-5-12(16)11-21(13)3/h7-8,10,12-13,16H,5-6,9,11H2,1-4H3,(H,19,22). The lowest BCUT2D eigenvalue weighted by Gasteiger charge is -2.48. The minimum atomic E-state index is -3.62. The van der Waals surface area contributed by atoms with Gasteiger partial charge in [-0.3, -0.25) is 4.79 Å². The average Bonchev–Trinajstić information content (AvgIpc) is 2.62. The molecule has 3 unspecified atom stereocenters. The molecule has 1 saturated carbocycles. The number of amides is 1. The van der Waals surface area contributed by atoms with Crippen LogP contribution >= 0.6 is 0 Å². The summed E-state index contributed by atoms with van der Waals surface area (Å²) < 4.78 is 31.2. The summed E-state index contributed by atoms with van der Waals surface area (Å²) in [5.74, 6) is 0.532. The highest BCUT2D eigenvalue weighted by Crippen LogP contribution is 2.34. The first-order valence-corrected chi connectivity index (χ1v) is 10.3. The van der Waals surface area contributed by atoms with Crippen molar-refractivity contribution in [2.24, 2.45) is 5.92 Å². The van der Waals surface area contributed by atoms with Crippen LogP contribution in [0.15, 0.2) is 23.1 Å². The van der Waals surface area contributed by atoms with Crippen molar-refractivity contribution in [1.82, 2.24) is 14.5 Å². The van der Waals surface area contributed by atoms with Gasteiger partial charge in [0, 0.05) is 32.7 Å². The highest BCUT2D eigenvalue weighted by Gasteiger charge is 2.39. The van der Waals surface area contributed by atoms with E-state index in [0.29, 0.717) is 17.7 Å². The first kappa shape index (κ1) is 19.1. The van der Waals surface area contributed by atoms with Crippen LogP contribution in [0.5, 0.6) is 5.75 Å². The Bertz CT molecular complexity index is 794. The molecule has 3 atom stereocenters. The second-order valence-electron chi connectivity index (χ2n) is 7.40. The van der Waals surface area contributed by atoms with Crippen molar-refractivity contribution in [3.8, 4) is 5.75 Å². The molecule has 4 rings (SSSR count). The van der Waals surface area contributed by atoms with Gasteiger partial charge in [0.2, 0.25) is 10.0 Å². The summed E-state index contributed by atoms with van der Waals surface area (Å²) in [6, 6.07) is 5.02. The Morgan fingerprint density at radius 2 is 2.04 bits per heavy atom. The Labute approximate surface area is 155 Å². The minimum absolute atomic E-state index is 0.0818. The third-order valence-electron chi connectivity index (χ3n) is 5.62. The maximum absolute atomic E-state index is 12.9. The van der Waals surface area contributed by atoms with Gasteiger partial charge in [0.15, 0.2) is 0 Å². The van der Waals surface area contributed by atoms with Crippen molar-refractivity contribution in [1.29, 1.82) is 0 Å². The van der Waals surface area contributed by atoms with Crippen molar-refractivity contribution in [3.05, 3.63) is 23.8 Å². The van der Waals surface area contributed by atoms with Crippen molar-refractivity contribution in [3.63, 3.8) is 0 Å². The maximum Gasteiger partial charge on any atom is 0.255 e. The molecule has 1 aromatic carbocycles. The lowest BCUT2D eigenvalue weighted by Crippen LogP contribution is -2.57. The van der Waals surface area contributed by atoms with Crippen LogP contribution in [0.3, 0.4) is 0 Å². The summed E-state index contributed by atoms with van der Waals surface area (Å²) in [5.41, 5.74) is 0.255. The number of carbonyl (C=O) groups is 1. The molecular formula is C18H27N3O4S. The quantitative estimate of drug-likeness (QED) is 0.828. The van der Waals surface area contributed by atoms with Crippen molar-refractivity contribution < 1.29 is 17.9 Å². The van der Waals surface area contributed by atoms with Crippen LogP contribution in [0.25, 0.3) is 0 Å². The van der Waals surface area contributed by atoms with Gasteiger partial charge in [-0.25, -0.2) is 12.7 Å². The number of piperidine rings is 2. The second-order valence-corrected chi connectivity index (χ2v) is 9.55. The monoisotopic (exact) mass is 381 g/mol. The number of nitrogens with one attached hydrogen (secondary N) is 1. The molecule has 1 N–H and O–H groups in total. The van der Waals surface area contributed by atoms with Gasteiger partial charge in [0.1, 0.15) is 5.75 Å². The summed E-state index contributed by atoms with van der Waals surface area (Å²) in [7, 11) is 2.93. The molecule has 1 amide bonds. The van der Waals surface area contributed by atoms with E-state index in [2.05, 4.69) is 17.3 Å². The number of fused-ring (bicyclic) bond motifs is 3. The smallest absolute Gasteiger partial charge is 0.255 e. The Morgan fingerprint density at radius 1 is 1.31 bits per heavy atom. The van der Waals surface area contributed by atoms with E-state index in [1.807, 2.05) is 0 Å². The molecule has 3 aliphatic rings. The third kappa shape index (κ3) is 3.45. The normalized spacial score (nSPS) is 26.1. The van der Waals surface area contributed by atoms with Gasteiger partial charge in [-0.05, 0) is 50.4 Å². The number of carbonyl (C=O) groups excluding carboxylic acids is 1. The van der Waals surface area contributed by atoms with Gasteiger partial charge in [-0.2, -0.15) is 0 Å². The molecule has 0 radical (unpaired) electrons. The first-order chi connectivity index (χ1) is 12.2. The molecule has 0 spiro atoms. The van der Waals surface area contributed by atoms with Gasteiger partial charge < -0.3 is 15.0 Å². The van der Waals surface area contributed by atoms with Gasteiger partial charge in [-0.15, -0.1) is 0 Å². The zero-order chi connectivity index (χ0) is 19.1. The number of ether oxygens (including phenoxy) is 1. The lowest BCUT2D eigenvalue weighted by atomic mass is 9.76.